The summed E-state index contributed by atoms with van der Waals surface area (Å²) in [5.41, 5.74) is 5.62. The van der Waals surface area contributed by atoms with E-state index in [2.05, 4.69) is 30.8 Å². The Morgan fingerprint density at radius 1 is 1.26 bits per heavy atom. The Bertz CT molecular complexity index is 370. The minimum Gasteiger partial charge on any atom is -0.329 e. The average molecular weight is 291 g/mol. The third-order valence-electron chi connectivity index (χ3n) is 4.05. The van der Waals surface area contributed by atoms with Gasteiger partial charge in [0.2, 0.25) is 0 Å². The highest BCUT2D eigenvalue weighted by atomic mass is 32.2. The van der Waals surface area contributed by atoms with E-state index in [4.69, 9.17) is 5.73 Å². The summed E-state index contributed by atoms with van der Waals surface area (Å²) in [6.45, 7) is 5.32. The summed E-state index contributed by atoms with van der Waals surface area (Å²) in [6, 6.07) is 0. The van der Waals surface area contributed by atoms with Crippen molar-refractivity contribution in [3.05, 3.63) is 0 Å². The predicted molar refractivity (Wildman–Crippen MR) is 80.1 cm³/mol. The molecule has 2 N–H and O–H groups in total. The lowest BCUT2D eigenvalue weighted by molar-refractivity contribution is 0.102. The zero-order chi connectivity index (χ0) is 14.5. The van der Waals surface area contributed by atoms with Crippen molar-refractivity contribution >= 4 is 9.84 Å². The van der Waals surface area contributed by atoms with Crippen molar-refractivity contribution in [2.75, 3.05) is 51.8 Å². The van der Waals surface area contributed by atoms with E-state index in [1.165, 1.54) is 0 Å². The van der Waals surface area contributed by atoms with E-state index in [9.17, 15) is 8.42 Å². The summed E-state index contributed by atoms with van der Waals surface area (Å²) in [6.07, 6.45) is 2.69. The van der Waals surface area contributed by atoms with Gasteiger partial charge >= 0.3 is 0 Å². The zero-order valence-corrected chi connectivity index (χ0v) is 13.4. The molecule has 0 aliphatic carbocycles. The third kappa shape index (κ3) is 4.70. The maximum absolute atomic E-state index is 11.9. The van der Waals surface area contributed by atoms with Crippen molar-refractivity contribution in [3.63, 3.8) is 0 Å². The lowest BCUT2D eigenvalue weighted by Gasteiger charge is -2.45. The van der Waals surface area contributed by atoms with Gasteiger partial charge in [0.25, 0.3) is 0 Å². The maximum atomic E-state index is 11.9. The molecule has 1 rings (SSSR count). The molecule has 1 unspecified atom stereocenters. The molecule has 0 bridgehead atoms. The van der Waals surface area contributed by atoms with Crippen molar-refractivity contribution in [3.8, 4) is 0 Å². The van der Waals surface area contributed by atoms with Crippen molar-refractivity contribution in [1.29, 1.82) is 0 Å². The van der Waals surface area contributed by atoms with Gasteiger partial charge in [0, 0.05) is 12.1 Å². The molecule has 1 atom stereocenters. The Hall–Kier alpha value is -0.170. The van der Waals surface area contributed by atoms with Crippen LogP contribution >= 0.6 is 0 Å². The lowest BCUT2D eigenvalue weighted by atomic mass is 9.92. The van der Waals surface area contributed by atoms with E-state index in [0.29, 0.717) is 12.3 Å². The van der Waals surface area contributed by atoms with Gasteiger partial charge in [-0.1, -0.05) is 6.92 Å². The fourth-order valence-corrected chi connectivity index (χ4v) is 5.01. The van der Waals surface area contributed by atoms with Crippen LogP contribution in [0.5, 0.6) is 0 Å². The molecule has 1 saturated heterocycles. The monoisotopic (exact) mass is 291 g/mol. The van der Waals surface area contributed by atoms with Crippen molar-refractivity contribution in [1.82, 2.24) is 9.80 Å². The Balaban J connectivity index is 2.73. The highest BCUT2D eigenvalue weighted by Gasteiger charge is 2.41. The molecule has 114 valence electrons. The first-order valence-corrected chi connectivity index (χ1v) is 8.97. The van der Waals surface area contributed by atoms with Gasteiger partial charge in [-0.3, -0.25) is 4.90 Å². The van der Waals surface area contributed by atoms with Crippen LogP contribution in [0.25, 0.3) is 0 Å². The molecule has 1 fully saturated rings. The average Bonchev–Trinajstić information content (AvgIpc) is 2.32. The van der Waals surface area contributed by atoms with E-state index < -0.39 is 9.84 Å². The molecular formula is C13H29N3O2S. The zero-order valence-electron chi connectivity index (χ0n) is 12.6. The van der Waals surface area contributed by atoms with E-state index in [1.807, 2.05) is 0 Å². The lowest BCUT2D eigenvalue weighted by Crippen LogP contribution is -2.60. The van der Waals surface area contributed by atoms with E-state index in [-0.39, 0.29) is 11.3 Å². The van der Waals surface area contributed by atoms with Crippen LogP contribution in [0.2, 0.25) is 0 Å². The van der Waals surface area contributed by atoms with Crippen LogP contribution in [0.4, 0.5) is 0 Å². The normalized spacial score (nSPS) is 27.1. The second-order valence-electron chi connectivity index (χ2n) is 5.86. The molecule has 0 aromatic heterocycles. The molecule has 0 spiro atoms. The molecule has 0 saturated carbocycles. The summed E-state index contributed by atoms with van der Waals surface area (Å²) in [5.74, 6) is 0.552. The summed E-state index contributed by atoms with van der Waals surface area (Å²) < 4.78 is 23.9. The van der Waals surface area contributed by atoms with Gasteiger partial charge in [-0.2, -0.15) is 0 Å². The fraction of sp³-hybridized carbons (Fsp3) is 1.00. The number of hydrogen-bond donors (Lipinski definition) is 1. The van der Waals surface area contributed by atoms with E-state index >= 15 is 0 Å². The second kappa shape index (κ2) is 7.02. The van der Waals surface area contributed by atoms with Gasteiger partial charge in [0.1, 0.15) is 0 Å². The van der Waals surface area contributed by atoms with Gasteiger partial charge in [0.15, 0.2) is 9.84 Å². The Labute approximate surface area is 118 Å². The number of nitrogens with two attached hydrogens (primary N) is 1. The first-order valence-electron chi connectivity index (χ1n) is 7.15. The highest BCUT2D eigenvalue weighted by Crippen LogP contribution is 2.28. The molecule has 0 radical (unpaired) electrons. The smallest absolute Gasteiger partial charge is 0.152 e. The Morgan fingerprint density at radius 2 is 1.95 bits per heavy atom. The number of likely N-dealkylation sites (N-methyl/N-ethyl adjacent to an activating group) is 1. The van der Waals surface area contributed by atoms with Crippen LogP contribution in [-0.2, 0) is 9.84 Å². The summed E-state index contributed by atoms with van der Waals surface area (Å²) in [4.78, 5) is 4.44. The van der Waals surface area contributed by atoms with E-state index in [0.717, 1.165) is 38.9 Å². The van der Waals surface area contributed by atoms with Crippen LogP contribution in [0.15, 0.2) is 0 Å². The maximum Gasteiger partial charge on any atom is 0.152 e. The molecule has 5 nitrogen and oxygen atoms in total. The largest absolute Gasteiger partial charge is 0.329 e. The molecule has 1 heterocycles. The van der Waals surface area contributed by atoms with Gasteiger partial charge in [-0.05, 0) is 53.0 Å². The van der Waals surface area contributed by atoms with Crippen LogP contribution < -0.4 is 5.73 Å². The molecular weight excluding hydrogens is 262 g/mol. The summed E-state index contributed by atoms with van der Waals surface area (Å²) in [5, 5.41) is 0. The minimum atomic E-state index is -2.93. The molecule has 0 amide bonds. The fourth-order valence-electron chi connectivity index (χ4n) is 3.02. The minimum absolute atomic E-state index is 0.228. The number of nitrogens with zero attached hydrogens (tertiary/aromatic N) is 2. The van der Waals surface area contributed by atoms with Gasteiger partial charge in [0.05, 0.1) is 11.5 Å². The first-order chi connectivity index (χ1) is 8.85. The van der Waals surface area contributed by atoms with Gasteiger partial charge < -0.3 is 10.6 Å². The van der Waals surface area contributed by atoms with E-state index in [1.54, 1.807) is 0 Å². The molecule has 0 aromatic rings. The highest BCUT2D eigenvalue weighted by molar-refractivity contribution is 7.91. The molecule has 0 aromatic carbocycles. The number of sulfone groups is 1. The van der Waals surface area contributed by atoms with Crippen LogP contribution in [0.1, 0.15) is 26.2 Å². The number of rotatable bonds is 7. The standard InChI is InChI=1S/C13H29N3O2S/c1-4-16(9-6-8-15(2)3)13(11-14)7-5-10-19(17,18)12-13/h4-12,14H2,1-3H3. The van der Waals surface area contributed by atoms with Crippen LogP contribution in [-0.4, -0.2) is 75.5 Å². The predicted octanol–water partition coefficient (Wildman–Crippen LogP) is 0.166. The van der Waals surface area contributed by atoms with Crippen molar-refractivity contribution < 1.29 is 8.42 Å². The van der Waals surface area contributed by atoms with Crippen molar-refractivity contribution in [2.24, 2.45) is 5.73 Å². The first kappa shape index (κ1) is 16.9. The Kier molecular flexibility index (Phi) is 6.23. The quantitative estimate of drug-likeness (QED) is 0.724. The third-order valence-corrected chi connectivity index (χ3v) is 5.94. The molecule has 1 aliphatic heterocycles. The topological polar surface area (TPSA) is 66.6 Å². The van der Waals surface area contributed by atoms with Gasteiger partial charge in [-0.15, -0.1) is 0 Å². The second-order valence-corrected chi connectivity index (χ2v) is 8.04. The summed E-state index contributed by atoms with van der Waals surface area (Å²) >= 11 is 0. The van der Waals surface area contributed by atoms with Crippen LogP contribution in [0, 0.1) is 0 Å². The molecule has 1 aliphatic rings. The SMILES string of the molecule is CCN(CCCN(C)C)C1(CN)CCCS(=O)(=O)C1. The van der Waals surface area contributed by atoms with Crippen molar-refractivity contribution in [2.45, 2.75) is 31.7 Å². The molecule has 19 heavy (non-hydrogen) atoms. The molecule has 6 heteroatoms. The Morgan fingerprint density at radius 3 is 2.42 bits per heavy atom. The van der Waals surface area contributed by atoms with Gasteiger partial charge in [-0.25, -0.2) is 8.42 Å². The summed E-state index contributed by atoms with van der Waals surface area (Å²) in [7, 11) is 1.18. The number of hydrogen-bond acceptors (Lipinski definition) is 5. The van der Waals surface area contributed by atoms with Crippen LogP contribution in [0.3, 0.4) is 0 Å².